The number of benzene rings is 2. The fourth-order valence-electron chi connectivity index (χ4n) is 1.80. The van der Waals surface area contributed by atoms with E-state index >= 15 is 0 Å². The minimum absolute atomic E-state index is 0.150. The van der Waals surface area contributed by atoms with E-state index in [1.54, 1.807) is 30.3 Å². The molecule has 110 valence electrons. The van der Waals surface area contributed by atoms with Gasteiger partial charge in [-0.15, -0.1) is 0 Å². The second-order valence-corrected chi connectivity index (χ2v) is 5.39. The molecule has 2 rings (SSSR count). The number of amides is 1. The van der Waals surface area contributed by atoms with E-state index in [2.05, 4.69) is 5.32 Å². The zero-order chi connectivity index (χ0) is 15.2. The van der Waals surface area contributed by atoms with E-state index < -0.39 is 0 Å². The topological polar surface area (TPSA) is 38.3 Å². The maximum absolute atomic E-state index is 11.9. The number of rotatable bonds is 5. The fraction of sp³-hybridized carbons (Fsp3) is 0.188. The largest absolute Gasteiger partial charge is 0.491 e. The molecule has 0 saturated carbocycles. The number of aryl methyl sites for hydroxylation is 1. The van der Waals surface area contributed by atoms with Gasteiger partial charge < -0.3 is 10.1 Å². The molecule has 0 aliphatic rings. The van der Waals surface area contributed by atoms with E-state index in [0.29, 0.717) is 28.8 Å². The van der Waals surface area contributed by atoms with Crippen molar-refractivity contribution >= 4 is 29.1 Å². The zero-order valence-electron chi connectivity index (χ0n) is 11.5. The van der Waals surface area contributed by atoms with E-state index in [0.717, 1.165) is 11.3 Å². The first-order valence-corrected chi connectivity index (χ1v) is 7.24. The third kappa shape index (κ3) is 4.66. The van der Waals surface area contributed by atoms with Crippen LogP contribution in [-0.4, -0.2) is 19.1 Å². The summed E-state index contributed by atoms with van der Waals surface area (Å²) in [5.41, 5.74) is 1.54. The van der Waals surface area contributed by atoms with E-state index in [4.69, 9.17) is 27.9 Å². The highest BCUT2D eigenvalue weighted by Gasteiger charge is 2.05. The van der Waals surface area contributed by atoms with Crippen LogP contribution in [0.3, 0.4) is 0 Å². The molecule has 0 fully saturated rings. The highest BCUT2D eigenvalue weighted by atomic mass is 35.5. The van der Waals surface area contributed by atoms with Crippen molar-refractivity contribution in [1.82, 2.24) is 5.32 Å². The van der Waals surface area contributed by atoms with Gasteiger partial charge in [0.25, 0.3) is 5.91 Å². The molecule has 1 amide bonds. The first-order valence-electron chi connectivity index (χ1n) is 6.49. The van der Waals surface area contributed by atoms with Crippen molar-refractivity contribution in [1.29, 1.82) is 0 Å². The van der Waals surface area contributed by atoms with Crippen molar-refractivity contribution in [2.45, 2.75) is 6.92 Å². The van der Waals surface area contributed by atoms with Gasteiger partial charge in [0.15, 0.2) is 0 Å². The Morgan fingerprint density at radius 1 is 1.10 bits per heavy atom. The number of carbonyl (C=O) groups is 1. The predicted molar refractivity (Wildman–Crippen MR) is 85.5 cm³/mol. The van der Waals surface area contributed by atoms with Crippen LogP contribution in [0.15, 0.2) is 42.5 Å². The molecule has 0 aliphatic heterocycles. The standard InChI is InChI=1S/C16H15Cl2NO2/c1-11-10-14(18)6-7-15(11)21-9-8-19-16(20)12-2-4-13(17)5-3-12/h2-7,10H,8-9H2,1H3,(H,19,20). The minimum Gasteiger partial charge on any atom is -0.491 e. The van der Waals surface area contributed by atoms with Crippen molar-refractivity contribution in [2.24, 2.45) is 0 Å². The van der Waals surface area contributed by atoms with Gasteiger partial charge in [0.2, 0.25) is 0 Å². The summed E-state index contributed by atoms with van der Waals surface area (Å²) < 4.78 is 5.60. The molecule has 21 heavy (non-hydrogen) atoms. The van der Waals surface area contributed by atoms with E-state index in [-0.39, 0.29) is 5.91 Å². The average molecular weight is 324 g/mol. The molecular weight excluding hydrogens is 309 g/mol. The Kier molecular flexibility index (Phi) is 5.48. The molecule has 0 radical (unpaired) electrons. The predicted octanol–water partition coefficient (Wildman–Crippen LogP) is 4.11. The van der Waals surface area contributed by atoms with E-state index in [1.807, 2.05) is 19.1 Å². The second kappa shape index (κ2) is 7.34. The lowest BCUT2D eigenvalue weighted by Gasteiger charge is -2.10. The van der Waals surface area contributed by atoms with Gasteiger partial charge in [-0.2, -0.15) is 0 Å². The maximum atomic E-state index is 11.9. The Balaban J connectivity index is 1.79. The van der Waals surface area contributed by atoms with Crippen LogP contribution in [0.1, 0.15) is 15.9 Å². The van der Waals surface area contributed by atoms with Crippen molar-refractivity contribution in [3.05, 3.63) is 63.6 Å². The number of hydrogen-bond acceptors (Lipinski definition) is 2. The second-order valence-electron chi connectivity index (χ2n) is 4.52. The Morgan fingerprint density at radius 2 is 1.76 bits per heavy atom. The van der Waals surface area contributed by atoms with Gasteiger partial charge >= 0.3 is 0 Å². The number of ether oxygens (including phenoxy) is 1. The molecule has 0 aliphatic carbocycles. The van der Waals surface area contributed by atoms with Crippen LogP contribution < -0.4 is 10.1 Å². The molecule has 0 aromatic heterocycles. The molecule has 0 bridgehead atoms. The van der Waals surface area contributed by atoms with Gasteiger partial charge in [-0.05, 0) is 55.0 Å². The van der Waals surface area contributed by atoms with Gasteiger partial charge in [0.1, 0.15) is 12.4 Å². The Morgan fingerprint density at radius 3 is 2.43 bits per heavy atom. The Hall–Kier alpha value is -1.71. The van der Waals surface area contributed by atoms with Crippen LogP contribution in [0.25, 0.3) is 0 Å². The van der Waals surface area contributed by atoms with Crippen LogP contribution in [0, 0.1) is 6.92 Å². The number of nitrogens with one attached hydrogen (secondary N) is 1. The molecule has 2 aromatic rings. The lowest BCUT2D eigenvalue weighted by atomic mass is 10.2. The smallest absolute Gasteiger partial charge is 0.251 e. The van der Waals surface area contributed by atoms with Crippen LogP contribution in [0.2, 0.25) is 10.0 Å². The van der Waals surface area contributed by atoms with Crippen molar-refractivity contribution in [2.75, 3.05) is 13.2 Å². The zero-order valence-corrected chi connectivity index (χ0v) is 13.0. The summed E-state index contributed by atoms with van der Waals surface area (Å²) in [6, 6.07) is 12.2. The molecule has 1 N–H and O–H groups in total. The number of hydrogen-bond donors (Lipinski definition) is 1. The molecule has 5 heteroatoms. The molecule has 0 unspecified atom stereocenters. The third-order valence-corrected chi connectivity index (χ3v) is 3.38. The number of carbonyl (C=O) groups excluding carboxylic acids is 1. The first kappa shape index (κ1) is 15.7. The monoisotopic (exact) mass is 323 g/mol. The normalized spacial score (nSPS) is 10.2. The molecular formula is C16H15Cl2NO2. The van der Waals surface area contributed by atoms with Crippen LogP contribution in [0.4, 0.5) is 0 Å². The first-order chi connectivity index (χ1) is 10.1. The Labute approximate surface area is 133 Å². The summed E-state index contributed by atoms with van der Waals surface area (Å²) in [6.45, 7) is 2.73. The van der Waals surface area contributed by atoms with Crippen molar-refractivity contribution < 1.29 is 9.53 Å². The average Bonchev–Trinajstić information content (AvgIpc) is 2.46. The minimum atomic E-state index is -0.150. The van der Waals surface area contributed by atoms with Gasteiger partial charge in [-0.25, -0.2) is 0 Å². The quantitative estimate of drug-likeness (QED) is 0.841. The summed E-state index contributed by atoms with van der Waals surface area (Å²) in [5.74, 6) is 0.614. The molecule has 0 saturated heterocycles. The van der Waals surface area contributed by atoms with Crippen LogP contribution >= 0.6 is 23.2 Å². The van der Waals surface area contributed by atoms with Gasteiger partial charge in [0, 0.05) is 15.6 Å². The van der Waals surface area contributed by atoms with Gasteiger partial charge in [0.05, 0.1) is 6.54 Å². The Bertz CT molecular complexity index is 627. The molecule has 3 nitrogen and oxygen atoms in total. The lowest BCUT2D eigenvalue weighted by molar-refractivity contribution is 0.0947. The van der Waals surface area contributed by atoms with Gasteiger partial charge in [-0.3, -0.25) is 4.79 Å². The van der Waals surface area contributed by atoms with Crippen LogP contribution in [0.5, 0.6) is 5.75 Å². The SMILES string of the molecule is Cc1cc(Cl)ccc1OCCNC(=O)c1ccc(Cl)cc1. The molecule has 0 spiro atoms. The molecule has 0 heterocycles. The van der Waals surface area contributed by atoms with Crippen LogP contribution in [-0.2, 0) is 0 Å². The summed E-state index contributed by atoms with van der Waals surface area (Å²) in [6.07, 6.45) is 0. The summed E-state index contributed by atoms with van der Waals surface area (Å²) in [4.78, 5) is 11.9. The van der Waals surface area contributed by atoms with E-state index in [9.17, 15) is 4.79 Å². The maximum Gasteiger partial charge on any atom is 0.251 e. The fourth-order valence-corrected chi connectivity index (χ4v) is 2.16. The van der Waals surface area contributed by atoms with Crippen molar-refractivity contribution in [3.63, 3.8) is 0 Å². The molecule has 2 aromatic carbocycles. The lowest BCUT2D eigenvalue weighted by Crippen LogP contribution is -2.28. The summed E-state index contributed by atoms with van der Waals surface area (Å²) >= 11 is 11.7. The highest BCUT2D eigenvalue weighted by molar-refractivity contribution is 6.31. The van der Waals surface area contributed by atoms with E-state index in [1.165, 1.54) is 0 Å². The summed E-state index contributed by atoms with van der Waals surface area (Å²) in [5, 5.41) is 4.07. The summed E-state index contributed by atoms with van der Waals surface area (Å²) in [7, 11) is 0. The van der Waals surface area contributed by atoms with Gasteiger partial charge in [-0.1, -0.05) is 23.2 Å². The highest BCUT2D eigenvalue weighted by Crippen LogP contribution is 2.21. The third-order valence-electron chi connectivity index (χ3n) is 2.89. The molecule has 0 atom stereocenters. The van der Waals surface area contributed by atoms with Crippen molar-refractivity contribution in [3.8, 4) is 5.75 Å². The number of halogens is 2.